The molecule has 0 amide bonds. The average Bonchev–Trinajstić information content (AvgIpc) is 2.05. The van der Waals surface area contributed by atoms with Crippen molar-refractivity contribution in [2.24, 2.45) is 5.73 Å². The van der Waals surface area contributed by atoms with E-state index < -0.39 is 5.97 Å². The van der Waals surface area contributed by atoms with Gasteiger partial charge in [0, 0.05) is 6.54 Å². The fraction of sp³-hybridized carbons (Fsp3) is 0.125. The number of nitrogens with two attached hydrogens (primary N) is 1. The van der Waals surface area contributed by atoms with Crippen molar-refractivity contribution in [3.05, 3.63) is 35.4 Å². The maximum atomic E-state index is 10.3. The van der Waals surface area contributed by atoms with Crippen molar-refractivity contribution in [1.29, 1.82) is 0 Å². The number of carboxylic acid groups (broad SMARTS) is 1. The van der Waals surface area contributed by atoms with E-state index in [4.69, 9.17) is 5.73 Å². The van der Waals surface area contributed by atoms with Gasteiger partial charge in [-0.1, -0.05) is 24.3 Å². The predicted octanol–water partition coefficient (Wildman–Crippen LogP) is -0.491. The molecule has 0 saturated heterocycles. The van der Waals surface area contributed by atoms with Crippen molar-refractivity contribution in [3.63, 3.8) is 0 Å². The Balaban J connectivity index is 2.91. The number of aromatic carboxylic acids is 1. The molecule has 0 aliphatic rings. The van der Waals surface area contributed by atoms with Crippen LogP contribution in [0.2, 0.25) is 0 Å². The Morgan fingerprint density at radius 1 is 1.36 bits per heavy atom. The van der Waals surface area contributed by atoms with E-state index in [0.29, 0.717) is 6.54 Å². The highest BCUT2D eigenvalue weighted by atomic mass is 16.4. The smallest absolute Gasteiger partial charge is 0.0715 e. The van der Waals surface area contributed by atoms with Crippen LogP contribution in [0.1, 0.15) is 15.9 Å². The fourth-order valence-corrected chi connectivity index (χ4v) is 0.777. The van der Waals surface area contributed by atoms with Crippen LogP contribution in [0.5, 0.6) is 0 Å². The van der Waals surface area contributed by atoms with Gasteiger partial charge in [-0.3, -0.25) is 0 Å². The first-order valence-corrected chi connectivity index (χ1v) is 3.24. The number of carboxylic acids is 1. The molecule has 3 heteroatoms. The van der Waals surface area contributed by atoms with Gasteiger partial charge in [-0.15, -0.1) is 0 Å². The van der Waals surface area contributed by atoms with Crippen LogP contribution >= 0.6 is 0 Å². The van der Waals surface area contributed by atoms with Crippen LogP contribution in [0, 0.1) is 0 Å². The molecular formula is C8H8NO2-. The van der Waals surface area contributed by atoms with Crippen LogP contribution in [0.4, 0.5) is 0 Å². The molecule has 0 heterocycles. The van der Waals surface area contributed by atoms with Crippen LogP contribution < -0.4 is 10.8 Å². The van der Waals surface area contributed by atoms with Crippen molar-refractivity contribution in [3.8, 4) is 0 Å². The Bertz CT molecular complexity index is 253. The lowest BCUT2D eigenvalue weighted by Crippen LogP contribution is -2.22. The molecule has 2 N–H and O–H groups in total. The van der Waals surface area contributed by atoms with Crippen molar-refractivity contribution >= 4 is 5.97 Å². The van der Waals surface area contributed by atoms with Gasteiger partial charge in [0.05, 0.1) is 5.97 Å². The summed E-state index contributed by atoms with van der Waals surface area (Å²) in [6, 6.07) is 6.31. The summed E-state index contributed by atoms with van der Waals surface area (Å²) in [5.41, 5.74) is 6.41. The van der Waals surface area contributed by atoms with E-state index in [-0.39, 0.29) is 5.56 Å². The van der Waals surface area contributed by atoms with Crippen LogP contribution in [0.15, 0.2) is 24.3 Å². The lowest BCUT2D eigenvalue weighted by Gasteiger charge is -2.01. The molecule has 0 atom stereocenters. The van der Waals surface area contributed by atoms with Gasteiger partial charge < -0.3 is 15.6 Å². The second-order valence-corrected chi connectivity index (χ2v) is 2.19. The van der Waals surface area contributed by atoms with E-state index in [1.165, 1.54) is 12.1 Å². The number of rotatable bonds is 2. The molecule has 0 spiro atoms. The van der Waals surface area contributed by atoms with Crippen LogP contribution in [0.25, 0.3) is 0 Å². The van der Waals surface area contributed by atoms with Gasteiger partial charge in [-0.25, -0.2) is 0 Å². The van der Waals surface area contributed by atoms with Crippen LogP contribution in [0.3, 0.4) is 0 Å². The standard InChI is InChI=1S/C8H9NO2/c9-5-6-1-3-7(4-2-6)8(10)11/h1-4H,5,9H2,(H,10,11)/p-1. The zero-order chi connectivity index (χ0) is 8.27. The topological polar surface area (TPSA) is 66.2 Å². The summed E-state index contributed by atoms with van der Waals surface area (Å²) in [7, 11) is 0. The van der Waals surface area contributed by atoms with Crippen molar-refractivity contribution in [1.82, 2.24) is 0 Å². The van der Waals surface area contributed by atoms with Gasteiger partial charge in [-0.2, -0.15) is 0 Å². The quantitative estimate of drug-likeness (QED) is 0.618. The number of carbonyl (C=O) groups excluding carboxylic acids is 1. The zero-order valence-electron chi connectivity index (χ0n) is 5.91. The number of benzene rings is 1. The molecule has 1 aromatic carbocycles. The highest BCUT2D eigenvalue weighted by Crippen LogP contribution is 2.01. The average molecular weight is 150 g/mol. The van der Waals surface area contributed by atoms with Crippen molar-refractivity contribution in [2.45, 2.75) is 6.54 Å². The Kier molecular flexibility index (Phi) is 2.23. The minimum Gasteiger partial charge on any atom is -0.545 e. The van der Waals surface area contributed by atoms with Crippen molar-refractivity contribution in [2.75, 3.05) is 0 Å². The second kappa shape index (κ2) is 3.16. The third-order valence-electron chi connectivity index (χ3n) is 1.43. The maximum absolute atomic E-state index is 10.3. The van der Waals surface area contributed by atoms with Gasteiger partial charge >= 0.3 is 0 Å². The molecule has 0 aliphatic heterocycles. The number of hydrogen-bond donors (Lipinski definition) is 1. The van der Waals surface area contributed by atoms with Gasteiger partial charge in [0.15, 0.2) is 0 Å². The second-order valence-electron chi connectivity index (χ2n) is 2.19. The molecule has 1 aromatic rings. The lowest BCUT2D eigenvalue weighted by atomic mass is 10.1. The maximum Gasteiger partial charge on any atom is 0.0715 e. The highest BCUT2D eigenvalue weighted by molar-refractivity contribution is 5.85. The Hall–Kier alpha value is -1.35. The summed E-state index contributed by atoms with van der Waals surface area (Å²) >= 11 is 0. The van der Waals surface area contributed by atoms with Gasteiger partial charge in [0.1, 0.15) is 0 Å². The van der Waals surface area contributed by atoms with E-state index in [2.05, 4.69) is 0 Å². The Labute approximate surface area is 64.5 Å². The van der Waals surface area contributed by atoms with E-state index in [1.54, 1.807) is 12.1 Å². The first-order chi connectivity index (χ1) is 5.24. The lowest BCUT2D eigenvalue weighted by molar-refractivity contribution is -0.255. The molecule has 0 saturated carbocycles. The van der Waals surface area contributed by atoms with E-state index in [0.717, 1.165) is 5.56 Å². The summed E-state index contributed by atoms with van der Waals surface area (Å²) in [5.74, 6) is -1.16. The fourth-order valence-electron chi connectivity index (χ4n) is 0.777. The molecule has 0 unspecified atom stereocenters. The van der Waals surface area contributed by atoms with E-state index in [1.807, 2.05) is 0 Å². The molecule has 1 rings (SSSR count). The Morgan fingerprint density at radius 3 is 2.27 bits per heavy atom. The molecule has 0 bridgehead atoms. The Morgan fingerprint density at radius 2 is 1.91 bits per heavy atom. The summed E-state index contributed by atoms with van der Waals surface area (Å²) in [6.07, 6.45) is 0. The van der Waals surface area contributed by atoms with Gasteiger partial charge in [-0.05, 0) is 11.1 Å². The zero-order valence-corrected chi connectivity index (χ0v) is 5.91. The van der Waals surface area contributed by atoms with Crippen LogP contribution in [-0.2, 0) is 6.54 Å². The molecule has 0 aliphatic carbocycles. The van der Waals surface area contributed by atoms with E-state index >= 15 is 0 Å². The molecule has 0 aromatic heterocycles. The van der Waals surface area contributed by atoms with Gasteiger partial charge in [0.25, 0.3) is 0 Å². The highest BCUT2D eigenvalue weighted by Gasteiger charge is 1.91. The monoisotopic (exact) mass is 150 g/mol. The molecule has 3 nitrogen and oxygen atoms in total. The third-order valence-corrected chi connectivity index (χ3v) is 1.43. The molecule has 0 fully saturated rings. The first kappa shape index (κ1) is 7.75. The summed E-state index contributed by atoms with van der Waals surface area (Å²) in [6.45, 7) is 0.424. The number of hydrogen-bond acceptors (Lipinski definition) is 3. The molecular weight excluding hydrogens is 142 g/mol. The molecule has 0 radical (unpaired) electrons. The largest absolute Gasteiger partial charge is 0.545 e. The molecule has 11 heavy (non-hydrogen) atoms. The third kappa shape index (κ3) is 1.78. The minimum atomic E-state index is -1.16. The molecule has 58 valence electrons. The normalized spacial score (nSPS) is 9.55. The SMILES string of the molecule is NCc1ccc(C(=O)[O-])cc1. The first-order valence-electron chi connectivity index (χ1n) is 3.24. The van der Waals surface area contributed by atoms with E-state index in [9.17, 15) is 9.90 Å². The number of carbonyl (C=O) groups is 1. The summed E-state index contributed by atoms with van der Waals surface area (Å²) in [5, 5.41) is 10.3. The van der Waals surface area contributed by atoms with Crippen LogP contribution in [-0.4, -0.2) is 5.97 Å². The van der Waals surface area contributed by atoms with Crippen molar-refractivity contribution < 1.29 is 9.90 Å². The minimum absolute atomic E-state index is 0.183. The van der Waals surface area contributed by atoms with Gasteiger partial charge in [0.2, 0.25) is 0 Å². The summed E-state index contributed by atoms with van der Waals surface area (Å²) < 4.78 is 0. The predicted molar refractivity (Wildman–Crippen MR) is 38.7 cm³/mol. The summed E-state index contributed by atoms with van der Waals surface area (Å²) in [4.78, 5) is 10.3.